The van der Waals surface area contributed by atoms with E-state index in [4.69, 9.17) is 0 Å². The summed E-state index contributed by atoms with van der Waals surface area (Å²) < 4.78 is 12.9. The van der Waals surface area contributed by atoms with Gasteiger partial charge >= 0.3 is 0 Å². The van der Waals surface area contributed by atoms with Gasteiger partial charge in [0.05, 0.1) is 11.9 Å². The molecule has 0 bridgehead atoms. The smallest absolute Gasteiger partial charge is 0.123 e. The van der Waals surface area contributed by atoms with Crippen LogP contribution in [0, 0.1) is 5.82 Å². The largest absolute Gasteiger partial charge is 0.369 e. The van der Waals surface area contributed by atoms with Gasteiger partial charge in [-0.15, -0.1) is 0 Å². The highest BCUT2D eigenvalue weighted by molar-refractivity contribution is 5.51. The number of rotatable bonds is 6. The number of nitrogens with one attached hydrogen (secondary N) is 1. The molecule has 0 amide bonds. The van der Waals surface area contributed by atoms with Crippen LogP contribution in [-0.2, 0) is 13.1 Å². The minimum atomic E-state index is -0.203. The Kier molecular flexibility index (Phi) is 5.07. The normalized spacial score (nSPS) is 10.6. The predicted octanol–water partition coefficient (Wildman–Crippen LogP) is 2.97. The van der Waals surface area contributed by atoms with Gasteiger partial charge in [-0.3, -0.25) is 4.98 Å². The second kappa shape index (κ2) is 7.01. The van der Waals surface area contributed by atoms with E-state index in [1.807, 2.05) is 37.6 Å². The second-order valence-electron chi connectivity index (χ2n) is 4.77. The molecule has 106 valence electrons. The van der Waals surface area contributed by atoms with E-state index < -0.39 is 0 Å². The zero-order valence-corrected chi connectivity index (χ0v) is 11.9. The Labute approximate surface area is 119 Å². The molecule has 0 radical (unpaired) electrons. The van der Waals surface area contributed by atoms with Crippen molar-refractivity contribution in [1.82, 2.24) is 10.3 Å². The Bertz CT molecular complexity index is 540. The lowest BCUT2D eigenvalue weighted by Gasteiger charge is -2.22. The van der Waals surface area contributed by atoms with E-state index in [2.05, 4.69) is 22.1 Å². The van der Waals surface area contributed by atoms with Crippen LogP contribution in [0.2, 0.25) is 0 Å². The molecule has 0 aliphatic rings. The second-order valence-corrected chi connectivity index (χ2v) is 4.77. The number of pyridine rings is 1. The van der Waals surface area contributed by atoms with Gasteiger partial charge in [-0.25, -0.2) is 4.39 Å². The van der Waals surface area contributed by atoms with Gasteiger partial charge in [-0.1, -0.05) is 19.1 Å². The first-order valence-electron chi connectivity index (χ1n) is 6.80. The maximum atomic E-state index is 12.9. The monoisotopic (exact) mass is 273 g/mol. The van der Waals surface area contributed by atoms with Gasteiger partial charge in [-0.2, -0.15) is 0 Å². The summed E-state index contributed by atoms with van der Waals surface area (Å²) in [6, 6.07) is 8.63. The first-order valence-corrected chi connectivity index (χ1v) is 6.80. The number of nitrogens with zero attached hydrogens (tertiary/aromatic N) is 2. The van der Waals surface area contributed by atoms with Crippen LogP contribution in [0.25, 0.3) is 0 Å². The first-order chi connectivity index (χ1) is 9.70. The summed E-state index contributed by atoms with van der Waals surface area (Å²) in [6.45, 7) is 4.57. The Hall–Kier alpha value is -1.94. The Balaban J connectivity index is 2.12. The van der Waals surface area contributed by atoms with Crippen molar-refractivity contribution in [1.29, 1.82) is 0 Å². The molecule has 3 nitrogen and oxygen atoms in total. The Morgan fingerprint density at radius 2 is 1.95 bits per heavy atom. The third-order valence-corrected chi connectivity index (χ3v) is 3.20. The van der Waals surface area contributed by atoms with Crippen LogP contribution in [0.15, 0.2) is 42.7 Å². The highest BCUT2D eigenvalue weighted by Gasteiger charge is 2.08. The maximum absolute atomic E-state index is 12.9. The zero-order valence-electron chi connectivity index (χ0n) is 11.9. The molecule has 1 N–H and O–H groups in total. The fraction of sp³-hybridized carbons (Fsp3) is 0.312. The van der Waals surface area contributed by atoms with Crippen molar-refractivity contribution in [2.75, 3.05) is 18.5 Å². The quantitative estimate of drug-likeness (QED) is 0.877. The molecule has 0 spiro atoms. The third-order valence-electron chi connectivity index (χ3n) is 3.20. The highest BCUT2D eigenvalue weighted by atomic mass is 19.1. The molecule has 0 aliphatic heterocycles. The standard InChI is InChI=1S/C16H20FN3/c1-3-18-10-14-8-9-19-11-16(14)20(2)12-13-4-6-15(17)7-5-13/h4-9,11,18H,3,10,12H2,1-2H3. The molecule has 1 aromatic carbocycles. The van der Waals surface area contributed by atoms with E-state index in [0.717, 1.165) is 30.9 Å². The van der Waals surface area contributed by atoms with Gasteiger partial charge in [0.25, 0.3) is 0 Å². The van der Waals surface area contributed by atoms with Crippen LogP contribution in [0.5, 0.6) is 0 Å². The summed E-state index contributed by atoms with van der Waals surface area (Å²) >= 11 is 0. The highest BCUT2D eigenvalue weighted by Crippen LogP contribution is 2.19. The summed E-state index contributed by atoms with van der Waals surface area (Å²) in [5.74, 6) is -0.203. The molecule has 0 saturated carbocycles. The summed E-state index contributed by atoms with van der Waals surface area (Å²) in [5.41, 5.74) is 3.39. The van der Waals surface area contributed by atoms with Gasteiger partial charge in [0.2, 0.25) is 0 Å². The van der Waals surface area contributed by atoms with E-state index in [0.29, 0.717) is 0 Å². The van der Waals surface area contributed by atoms with E-state index in [1.165, 1.54) is 17.7 Å². The molecule has 0 unspecified atom stereocenters. The fourth-order valence-electron chi connectivity index (χ4n) is 2.12. The van der Waals surface area contributed by atoms with Crippen LogP contribution in [0.4, 0.5) is 10.1 Å². The van der Waals surface area contributed by atoms with Crippen LogP contribution < -0.4 is 10.2 Å². The molecule has 1 heterocycles. The van der Waals surface area contributed by atoms with Crippen LogP contribution in [0.3, 0.4) is 0 Å². The van der Waals surface area contributed by atoms with E-state index in [-0.39, 0.29) is 5.82 Å². The van der Waals surface area contributed by atoms with Gasteiger partial charge in [0.15, 0.2) is 0 Å². The van der Waals surface area contributed by atoms with Crippen molar-refractivity contribution in [2.24, 2.45) is 0 Å². The van der Waals surface area contributed by atoms with Crippen molar-refractivity contribution in [2.45, 2.75) is 20.0 Å². The SMILES string of the molecule is CCNCc1ccncc1N(C)Cc1ccc(F)cc1. The minimum absolute atomic E-state index is 0.203. The topological polar surface area (TPSA) is 28.2 Å². The number of halogens is 1. The van der Waals surface area contributed by atoms with Gasteiger partial charge < -0.3 is 10.2 Å². The summed E-state index contributed by atoms with van der Waals surface area (Å²) in [5, 5.41) is 3.33. The molecule has 0 saturated heterocycles. The number of anilines is 1. The molecule has 20 heavy (non-hydrogen) atoms. The molecular weight excluding hydrogens is 253 g/mol. The number of aromatic nitrogens is 1. The van der Waals surface area contributed by atoms with Crippen LogP contribution >= 0.6 is 0 Å². The average molecular weight is 273 g/mol. The van der Waals surface area contributed by atoms with Crippen molar-refractivity contribution >= 4 is 5.69 Å². The third kappa shape index (κ3) is 3.78. The summed E-state index contributed by atoms with van der Waals surface area (Å²) in [6.07, 6.45) is 3.68. The van der Waals surface area contributed by atoms with E-state index >= 15 is 0 Å². The minimum Gasteiger partial charge on any atom is -0.369 e. The Morgan fingerprint density at radius 1 is 1.20 bits per heavy atom. The maximum Gasteiger partial charge on any atom is 0.123 e. The summed E-state index contributed by atoms with van der Waals surface area (Å²) in [7, 11) is 2.02. The molecule has 4 heteroatoms. The van der Waals surface area contributed by atoms with Crippen molar-refractivity contribution in [3.63, 3.8) is 0 Å². The van der Waals surface area contributed by atoms with Crippen molar-refractivity contribution in [3.05, 3.63) is 59.7 Å². The molecular formula is C16H20FN3. The van der Waals surface area contributed by atoms with Crippen molar-refractivity contribution < 1.29 is 4.39 Å². The number of hydrogen-bond acceptors (Lipinski definition) is 3. The van der Waals surface area contributed by atoms with Gasteiger partial charge in [0.1, 0.15) is 5.82 Å². The number of hydrogen-bond donors (Lipinski definition) is 1. The lowest BCUT2D eigenvalue weighted by atomic mass is 10.1. The molecule has 0 fully saturated rings. The first kappa shape index (κ1) is 14.5. The number of benzene rings is 1. The Morgan fingerprint density at radius 3 is 2.65 bits per heavy atom. The van der Waals surface area contributed by atoms with Crippen molar-refractivity contribution in [3.8, 4) is 0 Å². The summed E-state index contributed by atoms with van der Waals surface area (Å²) in [4.78, 5) is 6.33. The molecule has 0 aliphatic carbocycles. The lowest BCUT2D eigenvalue weighted by molar-refractivity contribution is 0.627. The van der Waals surface area contributed by atoms with Crippen LogP contribution in [0.1, 0.15) is 18.1 Å². The fourth-order valence-corrected chi connectivity index (χ4v) is 2.12. The molecule has 1 aromatic heterocycles. The van der Waals surface area contributed by atoms with E-state index in [9.17, 15) is 4.39 Å². The zero-order chi connectivity index (χ0) is 14.4. The van der Waals surface area contributed by atoms with Gasteiger partial charge in [0, 0.05) is 26.3 Å². The van der Waals surface area contributed by atoms with Gasteiger partial charge in [-0.05, 0) is 35.9 Å². The molecule has 2 aromatic rings. The lowest BCUT2D eigenvalue weighted by Crippen LogP contribution is -2.20. The molecule has 0 atom stereocenters. The average Bonchev–Trinajstić information content (AvgIpc) is 2.47. The molecule has 2 rings (SSSR count). The van der Waals surface area contributed by atoms with E-state index in [1.54, 1.807) is 0 Å². The predicted molar refractivity (Wildman–Crippen MR) is 80.1 cm³/mol. The van der Waals surface area contributed by atoms with Crippen LogP contribution in [-0.4, -0.2) is 18.6 Å².